The molecule has 0 fully saturated rings. The van der Waals surface area contributed by atoms with Crippen molar-refractivity contribution in [3.8, 4) is 0 Å². The molecule has 4 rings (SSSR count). The molecular weight excluding hydrogens is 412 g/mol. The van der Waals surface area contributed by atoms with E-state index in [9.17, 15) is 25.9 Å². The Morgan fingerprint density at radius 3 is 1.38 bits per heavy atom. The molecule has 4 aromatic carbocycles. The van der Waals surface area contributed by atoms with Crippen LogP contribution in [0.2, 0.25) is 0 Å². The first kappa shape index (κ1) is 19.5. The highest BCUT2D eigenvalue weighted by molar-refractivity contribution is 7.86. The highest BCUT2D eigenvalue weighted by Gasteiger charge is 2.10. The molecule has 8 heteroatoms. The van der Waals surface area contributed by atoms with Gasteiger partial charge in [-0.25, -0.2) is 16.8 Å². The summed E-state index contributed by atoms with van der Waals surface area (Å²) in [6, 6.07) is 19.3. The van der Waals surface area contributed by atoms with Crippen molar-refractivity contribution in [2.45, 2.75) is 16.2 Å². The highest BCUT2D eigenvalue weighted by Crippen LogP contribution is 2.28. The Morgan fingerprint density at radius 1 is 0.586 bits per heavy atom. The van der Waals surface area contributed by atoms with Crippen molar-refractivity contribution < 1.29 is 25.9 Å². The minimum Gasteiger partial charge on any atom is -0.744 e. The molecule has 0 saturated heterocycles. The summed E-state index contributed by atoms with van der Waals surface area (Å²) in [5.41, 5.74) is 1.55. The Morgan fingerprint density at radius 2 is 1.00 bits per heavy atom. The Hall–Kier alpha value is -2.78. The summed E-state index contributed by atoms with van der Waals surface area (Å²) in [5.74, 6) is 0. The average molecular weight is 426 g/mol. The van der Waals surface area contributed by atoms with Crippen LogP contribution in [0.15, 0.2) is 82.6 Å². The molecule has 4 aromatic rings. The molecule has 0 aliphatic carbocycles. The molecule has 0 saturated carbocycles. The fourth-order valence-corrected chi connectivity index (χ4v) is 4.45. The standard InChI is InChI=1S/C21H16O6S2/c22-28(23,24)18-9-7-14-3-1-5-16(20(14)12-18)11-17-6-2-4-15-8-10-19(13-21(15)17)29(25,26)27/h1-10,12-13H,11H2,(H,22,23,24)(H,25,26,27)/p-2. The Kier molecular flexibility index (Phi) is 4.66. The molecule has 0 unspecified atom stereocenters. The predicted octanol–water partition coefficient (Wildman–Crippen LogP) is 3.39. The Labute approximate surface area is 167 Å². The van der Waals surface area contributed by atoms with Crippen LogP contribution in [-0.4, -0.2) is 25.9 Å². The Bertz CT molecular complexity index is 1360. The van der Waals surface area contributed by atoms with E-state index in [0.717, 1.165) is 21.9 Å². The summed E-state index contributed by atoms with van der Waals surface area (Å²) in [7, 11) is -9.18. The third kappa shape index (κ3) is 3.88. The Balaban J connectivity index is 1.90. The number of rotatable bonds is 4. The zero-order valence-corrected chi connectivity index (χ0v) is 16.5. The SMILES string of the molecule is O=S(=O)([O-])c1ccc2cccc(Cc3cccc4ccc(S(=O)(=O)[O-])cc34)c2c1. The van der Waals surface area contributed by atoms with Gasteiger partial charge < -0.3 is 9.11 Å². The molecule has 0 N–H and O–H groups in total. The van der Waals surface area contributed by atoms with E-state index in [4.69, 9.17) is 0 Å². The van der Waals surface area contributed by atoms with Crippen LogP contribution in [0.25, 0.3) is 21.5 Å². The van der Waals surface area contributed by atoms with Gasteiger partial charge in [-0.15, -0.1) is 0 Å². The quantitative estimate of drug-likeness (QED) is 0.462. The van der Waals surface area contributed by atoms with Crippen LogP contribution in [0.1, 0.15) is 11.1 Å². The van der Waals surface area contributed by atoms with Gasteiger partial charge in [-0.2, -0.15) is 0 Å². The maximum atomic E-state index is 11.4. The predicted molar refractivity (Wildman–Crippen MR) is 107 cm³/mol. The van der Waals surface area contributed by atoms with Gasteiger partial charge in [-0.3, -0.25) is 0 Å². The van der Waals surface area contributed by atoms with E-state index in [1.807, 2.05) is 36.4 Å². The fourth-order valence-electron chi connectivity index (χ4n) is 3.46. The van der Waals surface area contributed by atoms with Crippen molar-refractivity contribution in [1.29, 1.82) is 0 Å². The first-order valence-corrected chi connectivity index (χ1v) is 11.4. The van der Waals surface area contributed by atoms with Crippen LogP contribution in [-0.2, 0) is 26.7 Å². The van der Waals surface area contributed by atoms with Crippen LogP contribution in [0, 0.1) is 0 Å². The fraction of sp³-hybridized carbons (Fsp3) is 0.0476. The van der Waals surface area contributed by atoms with Crippen molar-refractivity contribution in [2.75, 3.05) is 0 Å². The molecule has 0 radical (unpaired) electrons. The lowest BCUT2D eigenvalue weighted by atomic mass is 9.95. The van der Waals surface area contributed by atoms with Crippen molar-refractivity contribution in [3.63, 3.8) is 0 Å². The van der Waals surface area contributed by atoms with Crippen molar-refractivity contribution in [1.82, 2.24) is 0 Å². The normalized spacial score (nSPS) is 12.5. The summed E-state index contributed by atoms with van der Waals surface area (Å²) in [6.45, 7) is 0. The molecule has 0 amide bonds. The molecule has 0 aliphatic rings. The van der Waals surface area contributed by atoms with E-state index in [0.29, 0.717) is 17.2 Å². The minimum atomic E-state index is -4.59. The van der Waals surface area contributed by atoms with E-state index < -0.39 is 20.2 Å². The molecule has 6 nitrogen and oxygen atoms in total. The van der Waals surface area contributed by atoms with Gasteiger partial charge in [-0.1, -0.05) is 48.5 Å². The van der Waals surface area contributed by atoms with Crippen molar-refractivity contribution in [2.24, 2.45) is 0 Å². The van der Waals surface area contributed by atoms with E-state index >= 15 is 0 Å². The second-order valence-corrected chi connectivity index (χ2v) is 9.44. The molecule has 0 aromatic heterocycles. The molecular formula is C21H14O6S2-2. The molecule has 0 spiro atoms. The lowest BCUT2D eigenvalue weighted by Crippen LogP contribution is -2.00. The van der Waals surface area contributed by atoms with Gasteiger partial charge in [0.05, 0.1) is 9.79 Å². The third-order valence-electron chi connectivity index (χ3n) is 4.85. The summed E-state index contributed by atoms with van der Waals surface area (Å²) >= 11 is 0. The van der Waals surface area contributed by atoms with Crippen LogP contribution in [0.5, 0.6) is 0 Å². The van der Waals surface area contributed by atoms with Crippen molar-refractivity contribution >= 4 is 41.8 Å². The molecule has 29 heavy (non-hydrogen) atoms. The van der Waals surface area contributed by atoms with Crippen LogP contribution >= 0.6 is 0 Å². The minimum absolute atomic E-state index is 0.310. The summed E-state index contributed by atoms with van der Waals surface area (Å²) < 4.78 is 68.5. The number of hydrogen-bond acceptors (Lipinski definition) is 6. The lowest BCUT2D eigenvalue weighted by Gasteiger charge is -2.13. The molecule has 0 heterocycles. The molecule has 0 atom stereocenters. The number of fused-ring (bicyclic) bond motifs is 2. The van der Waals surface area contributed by atoms with Crippen LogP contribution in [0.4, 0.5) is 0 Å². The maximum absolute atomic E-state index is 11.4. The smallest absolute Gasteiger partial charge is 0.124 e. The second kappa shape index (κ2) is 6.93. The van der Waals surface area contributed by atoms with Gasteiger partial charge in [0.2, 0.25) is 0 Å². The first-order chi connectivity index (χ1) is 13.6. The van der Waals surface area contributed by atoms with E-state index in [-0.39, 0.29) is 9.79 Å². The van der Waals surface area contributed by atoms with Crippen molar-refractivity contribution in [3.05, 3.63) is 83.9 Å². The van der Waals surface area contributed by atoms with Gasteiger partial charge in [0.25, 0.3) is 0 Å². The van der Waals surface area contributed by atoms with Crippen LogP contribution < -0.4 is 0 Å². The highest BCUT2D eigenvalue weighted by atomic mass is 32.2. The molecule has 0 aliphatic heterocycles. The average Bonchev–Trinajstić information content (AvgIpc) is 2.66. The molecule has 148 valence electrons. The summed E-state index contributed by atoms with van der Waals surface area (Å²) in [5, 5.41) is 2.79. The van der Waals surface area contributed by atoms with Gasteiger partial charge in [-0.05, 0) is 63.4 Å². The van der Waals surface area contributed by atoms with Gasteiger partial charge in [0.15, 0.2) is 0 Å². The summed E-state index contributed by atoms with van der Waals surface area (Å²) in [4.78, 5) is -0.620. The van der Waals surface area contributed by atoms with Gasteiger partial charge in [0.1, 0.15) is 20.2 Å². The monoisotopic (exact) mass is 426 g/mol. The topological polar surface area (TPSA) is 114 Å². The van der Waals surface area contributed by atoms with E-state index in [2.05, 4.69) is 0 Å². The largest absolute Gasteiger partial charge is 0.744 e. The zero-order valence-electron chi connectivity index (χ0n) is 14.9. The lowest BCUT2D eigenvalue weighted by molar-refractivity contribution is 0.461. The zero-order chi connectivity index (χ0) is 20.8. The van der Waals surface area contributed by atoms with E-state index in [1.165, 1.54) is 24.3 Å². The second-order valence-electron chi connectivity index (χ2n) is 6.69. The third-order valence-corrected chi connectivity index (χ3v) is 6.51. The first-order valence-electron chi connectivity index (χ1n) is 8.58. The van der Waals surface area contributed by atoms with E-state index in [1.54, 1.807) is 12.1 Å². The number of hydrogen-bond donors (Lipinski definition) is 0. The van der Waals surface area contributed by atoms with Gasteiger partial charge >= 0.3 is 0 Å². The van der Waals surface area contributed by atoms with Crippen LogP contribution in [0.3, 0.4) is 0 Å². The van der Waals surface area contributed by atoms with Gasteiger partial charge in [0, 0.05) is 0 Å². The maximum Gasteiger partial charge on any atom is 0.124 e. The molecule has 0 bridgehead atoms. The number of benzene rings is 4. The summed E-state index contributed by atoms with van der Waals surface area (Å²) in [6.07, 6.45) is 0.361.